The number of hydrogen-bond donors (Lipinski definition) is 3. The first-order valence-corrected chi connectivity index (χ1v) is 6.07. The Hall–Kier alpha value is -1.75. The van der Waals surface area contributed by atoms with Gasteiger partial charge in [0.25, 0.3) is 0 Å². The van der Waals surface area contributed by atoms with Crippen molar-refractivity contribution in [1.29, 1.82) is 0 Å². The molecule has 4 N–H and O–H groups in total. The molecular formula is C13H19N3O2. The summed E-state index contributed by atoms with van der Waals surface area (Å²) < 4.78 is 4.94. The van der Waals surface area contributed by atoms with Gasteiger partial charge in [0.2, 0.25) is 0 Å². The fraction of sp³-hybridized carbons (Fsp3) is 0.462. The van der Waals surface area contributed by atoms with Gasteiger partial charge in [0.15, 0.2) is 5.58 Å². The maximum Gasteiger partial charge on any atom is 0.417 e. The van der Waals surface area contributed by atoms with E-state index < -0.39 is 5.76 Å². The van der Waals surface area contributed by atoms with Crippen molar-refractivity contribution in [3.63, 3.8) is 0 Å². The first-order valence-electron chi connectivity index (χ1n) is 6.07. The zero-order valence-corrected chi connectivity index (χ0v) is 10.7. The molecule has 0 atom stereocenters. The molecular weight excluding hydrogens is 230 g/mol. The van der Waals surface area contributed by atoms with Crippen molar-refractivity contribution in [1.82, 2.24) is 4.98 Å². The van der Waals surface area contributed by atoms with Crippen molar-refractivity contribution in [3.8, 4) is 0 Å². The monoisotopic (exact) mass is 249 g/mol. The third kappa shape index (κ3) is 2.92. The van der Waals surface area contributed by atoms with E-state index in [2.05, 4.69) is 24.1 Å². The van der Waals surface area contributed by atoms with Gasteiger partial charge in [-0.25, -0.2) is 4.79 Å². The summed E-state index contributed by atoms with van der Waals surface area (Å²) in [6.07, 6.45) is 0.990. The van der Waals surface area contributed by atoms with E-state index in [-0.39, 0.29) is 5.41 Å². The molecule has 0 amide bonds. The second kappa shape index (κ2) is 4.86. The molecule has 2 aromatic rings. The average Bonchev–Trinajstić information content (AvgIpc) is 2.68. The highest BCUT2D eigenvalue weighted by molar-refractivity contribution is 5.76. The SMILES string of the molecule is CC(C)(CN)CCNc1ccc2oc(=O)[nH]c2c1. The molecule has 5 nitrogen and oxygen atoms in total. The van der Waals surface area contributed by atoms with Crippen LogP contribution in [0.1, 0.15) is 20.3 Å². The van der Waals surface area contributed by atoms with Gasteiger partial charge in [-0.05, 0) is 36.6 Å². The number of aromatic amines is 1. The third-order valence-electron chi connectivity index (χ3n) is 3.10. The summed E-state index contributed by atoms with van der Waals surface area (Å²) in [6.45, 7) is 5.80. The average molecular weight is 249 g/mol. The van der Waals surface area contributed by atoms with E-state index in [0.29, 0.717) is 17.6 Å². The molecule has 0 unspecified atom stereocenters. The van der Waals surface area contributed by atoms with Gasteiger partial charge in [0, 0.05) is 12.2 Å². The maximum absolute atomic E-state index is 11.0. The summed E-state index contributed by atoms with van der Waals surface area (Å²) >= 11 is 0. The highest BCUT2D eigenvalue weighted by atomic mass is 16.4. The van der Waals surface area contributed by atoms with Crippen molar-refractivity contribution in [2.24, 2.45) is 11.1 Å². The van der Waals surface area contributed by atoms with Gasteiger partial charge in [-0.3, -0.25) is 4.98 Å². The predicted molar refractivity (Wildman–Crippen MR) is 72.8 cm³/mol. The molecule has 1 aromatic carbocycles. The van der Waals surface area contributed by atoms with Crippen LogP contribution in [0.5, 0.6) is 0 Å². The molecule has 0 saturated heterocycles. The van der Waals surface area contributed by atoms with Crippen LogP contribution in [0.4, 0.5) is 5.69 Å². The first-order chi connectivity index (χ1) is 8.50. The van der Waals surface area contributed by atoms with Gasteiger partial charge in [-0.1, -0.05) is 13.8 Å². The lowest BCUT2D eigenvalue weighted by Crippen LogP contribution is -2.26. The number of anilines is 1. The smallest absolute Gasteiger partial charge is 0.408 e. The van der Waals surface area contributed by atoms with E-state index in [1.54, 1.807) is 6.07 Å². The Bertz CT molecular complexity index is 583. The second-order valence-corrected chi connectivity index (χ2v) is 5.27. The van der Waals surface area contributed by atoms with Crippen molar-refractivity contribution < 1.29 is 4.42 Å². The Morgan fingerprint density at radius 3 is 2.94 bits per heavy atom. The molecule has 0 aliphatic carbocycles. The predicted octanol–water partition coefficient (Wildman–Crippen LogP) is 1.91. The van der Waals surface area contributed by atoms with E-state index in [1.165, 1.54) is 0 Å². The van der Waals surface area contributed by atoms with Crippen LogP contribution in [-0.4, -0.2) is 18.1 Å². The van der Waals surface area contributed by atoms with Crippen molar-refractivity contribution in [2.45, 2.75) is 20.3 Å². The quantitative estimate of drug-likeness (QED) is 0.755. The van der Waals surface area contributed by atoms with Crippen LogP contribution >= 0.6 is 0 Å². The standard InChI is InChI=1S/C13H19N3O2/c1-13(2,8-14)5-6-15-9-3-4-11-10(7-9)16-12(17)18-11/h3-4,7,15H,5-6,8,14H2,1-2H3,(H,16,17). The molecule has 2 rings (SSSR count). The number of H-pyrrole nitrogens is 1. The molecule has 0 saturated carbocycles. The van der Waals surface area contributed by atoms with E-state index in [4.69, 9.17) is 10.2 Å². The highest BCUT2D eigenvalue weighted by Gasteiger charge is 2.14. The van der Waals surface area contributed by atoms with Gasteiger partial charge in [0.05, 0.1) is 5.52 Å². The normalized spacial score (nSPS) is 11.9. The lowest BCUT2D eigenvalue weighted by Gasteiger charge is -2.22. The number of aromatic nitrogens is 1. The van der Waals surface area contributed by atoms with Crippen LogP contribution in [0.2, 0.25) is 0 Å². The number of fused-ring (bicyclic) bond motifs is 1. The minimum Gasteiger partial charge on any atom is -0.408 e. The zero-order chi connectivity index (χ0) is 13.2. The minimum atomic E-state index is -0.425. The fourth-order valence-electron chi connectivity index (χ4n) is 1.71. The van der Waals surface area contributed by atoms with E-state index >= 15 is 0 Å². The molecule has 5 heteroatoms. The van der Waals surface area contributed by atoms with E-state index in [0.717, 1.165) is 18.7 Å². The highest BCUT2D eigenvalue weighted by Crippen LogP contribution is 2.20. The van der Waals surface area contributed by atoms with Crippen LogP contribution in [-0.2, 0) is 0 Å². The van der Waals surface area contributed by atoms with Gasteiger partial charge in [0.1, 0.15) is 0 Å². The molecule has 0 fully saturated rings. The van der Waals surface area contributed by atoms with Crippen LogP contribution in [0.3, 0.4) is 0 Å². The minimum absolute atomic E-state index is 0.140. The summed E-state index contributed by atoms with van der Waals surface area (Å²) in [5, 5.41) is 3.32. The van der Waals surface area contributed by atoms with Crippen LogP contribution in [0.25, 0.3) is 11.1 Å². The molecule has 98 valence electrons. The van der Waals surface area contributed by atoms with E-state index in [9.17, 15) is 4.79 Å². The van der Waals surface area contributed by atoms with Gasteiger partial charge < -0.3 is 15.5 Å². The Morgan fingerprint density at radius 2 is 2.22 bits per heavy atom. The van der Waals surface area contributed by atoms with Gasteiger partial charge >= 0.3 is 5.76 Å². The van der Waals surface area contributed by atoms with Crippen LogP contribution < -0.4 is 16.8 Å². The number of nitrogens with one attached hydrogen (secondary N) is 2. The Morgan fingerprint density at radius 1 is 1.44 bits per heavy atom. The molecule has 0 bridgehead atoms. The molecule has 0 aliphatic rings. The van der Waals surface area contributed by atoms with Crippen molar-refractivity contribution in [2.75, 3.05) is 18.4 Å². The molecule has 1 heterocycles. The molecule has 18 heavy (non-hydrogen) atoms. The Balaban J connectivity index is 2.01. The lowest BCUT2D eigenvalue weighted by molar-refractivity contribution is 0.358. The van der Waals surface area contributed by atoms with Crippen LogP contribution in [0.15, 0.2) is 27.4 Å². The molecule has 1 aromatic heterocycles. The maximum atomic E-state index is 11.0. The summed E-state index contributed by atoms with van der Waals surface area (Å²) in [7, 11) is 0. The number of rotatable bonds is 5. The summed E-state index contributed by atoms with van der Waals surface area (Å²) in [4.78, 5) is 13.7. The molecule has 0 spiro atoms. The van der Waals surface area contributed by atoms with Crippen molar-refractivity contribution >= 4 is 16.8 Å². The number of oxazole rings is 1. The largest absolute Gasteiger partial charge is 0.417 e. The second-order valence-electron chi connectivity index (χ2n) is 5.27. The number of hydrogen-bond acceptors (Lipinski definition) is 4. The summed E-state index contributed by atoms with van der Waals surface area (Å²) in [5.41, 5.74) is 8.08. The number of benzene rings is 1. The molecule has 0 aliphatic heterocycles. The third-order valence-corrected chi connectivity index (χ3v) is 3.10. The van der Waals surface area contributed by atoms with Crippen LogP contribution in [0, 0.1) is 5.41 Å². The van der Waals surface area contributed by atoms with E-state index in [1.807, 2.05) is 12.1 Å². The fourth-order valence-corrected chi connectivity index (χ4v) is 1.71. The Labute approximate surface area is 105 Å². The summed E-state index contributed by atoms with van der Waals surface area (Å²) in [5.74, 6) is -0.425. The Kier molecular flexibility index (Phi) is 3.43. The lowest BCUT2D eigenvalue weighted by atomic mass is 9.90. The van der Waals surface area contributed by atoms with Gasteiger partial charge in [-0.2, -0.15) is 0 Å². The first kappa shape index (κ1) is 12.7. The number of nitrogens with two attached hydrogens (primary N) is 1. The zero-order valence-electron chi connectivity index (χ0n) is 10.7. The van der Waals surface area contributed by atoms with Gasteiger partial charge in [-0.15, -0.1) is 0 Å². The molecule has 0 radical (unpaired) electrons. The van der Waals surface area contributed by atoms with Crippen molar-refractivity contribution in [3.05, 3.63) is 28.7 Å². The summed E-state index contributed by atoms with van der Waals surface area (Å²) in [6, 6.07) is 5.55. The topological polar surface area (TPSA) is 84.0 Å².